The van der Waals surface area contributed by atoms with Gasteiger partial charge in [-0.3, -0.25) is 0 Å². The summed E-state index contributed by atoms with van der Waals surface area (Å²) in [7, 11) is 2.01. The highest BCUT2D eigenvalue weighted by Crippen LogP contribution is 2.13. The van der Waals surface area contributed by atoms with E-state index in [0.717, 1.165) is 6.54 Å². The average molecular weight is 167 g/mol. The van der Waals surface area contributed by atoms with E-state index in [-0.39, 0.29) is 7.43 Å². The zero-order valence-electron chi connectivity index (χ0n) is 7.27. The van der Waals surface area contributed by atoms with E-state index >= 15 is 0 Å². The summed E-state index contributed by atoms with van der Waals surface area (Å²) in [6, 6.07) is 0. The lowest BCUT2D eigenvalue weighted by atomic mass is 10.0. The molecule has 0 atom stereocenters. The van der Waals surface area contributed by atoms with Gasteiger partial charge < -0.3 is 5.32 Å². The van der Waals surface area contributed by atoms with Crippen molar-refractivity contribution in [3.05, 3.63) is 23.8 Å². The molecule has 0 spiro atoms. The maximum atomic E-state index is 3.16. The first-order valence-corrected chi connectivity index (χ1v) is 4.43. The highest BCUT2D eigenvalue weighted by atomic mass is 14.8. The van der Waals surface area contributed by atoms with Crippen LogP contribution in [-0.4, -0.2) is 13.6 Å². The standard InChI is InChI=1S/C10H17N.CH4/c1-11-9-5-8-10-6-3-2-4-7-10;/h3,6-7,11H,2,4-5,8-9H2,1H3;1H4. The van der Waals surface area contributed by atoms with Gasteiger partial charge in [-0.15, -0.1) is 0 Å². The summed E-state index contributed by atoms with van der Waals surface area (Å²) in [6.45, 7) is 1.13. The zero-order valence-corrected chi connectivity index (χ0v) is 7.27. The summed E-state index contributed by atoms with van der Waals surface area (Å²) >= 11 is 0. The number of rotatable bonds is 4. The molecule has 0 aliphatic heterocycles. The lowest BCUT2D eigenvalue weighted by Gasteiger charge is -2.05. The second-order valence-electron chi connectivity index (χ2n) is 2.97. The van der Waals surface area contributed by atoms with Gasteiger partial charge in [0.05, 0.1) is 0 Å². The van der Waals surface area contributed by atoms with Crippen LogP contribution >= 0.6 is 0 Å². The first-order valence-electron chi connectivity index (χ1n) is 4.43. The minimum Gasteiger partial charge on any atom is -0.320 e. The van der Waals surface area contributed by atoms with Gasteiger partial charge in [-0.2, -0.15) is 0 Å². The van der Waals surface area contributed by atoms with Crippen molar-refractivity contribution < 1.29 is 0 Å². The fourth-order valence-electron chi connectivity index (χ4n) is 1.32. The van der Waals surface area contributed by atoms with Crippen LogP contribution in [0.5, 0.6) is 0 Å². The van der Waals surface area contributed by atoms with Crippen LogP contribution in [0.15, 0.2) is 23.8 Å². The van der Waals surface area contributed by atoms with Crippen molar-refractivity contribution in [3.63, 3.8) is 0 Å². The van der Waals surface area contributed by atoms with Crippen LogP contribution in [0.3, 0.4) is 0 Å². The van der Waals surface area contributed by atoms with E-state index in [1.54, 1.807) is 0 Å². The van der Waals surface area contributed by atoms with Crippen molar-refractivity contribution in [1.29, 1.82) is 0 Å². The molecule has 0 fully saturated rings. The number of hydrogen-bond acceptors (Lipinski definition) is 1. The topological polar surface area (TPSA) is 12.0 Å². The predicted molar refractivity (Wildman–Crippen MR) is 56.3 cm³/mol. The van der Waals surface area contributed by atoms with E-state index in [2.05, 4.69) is 23.5 Å². The van der Waals surface area contributed by atoms with Crippen LogP contribution in [0.4, 0.5) is 0 Å². The Morgan fingerprint density at radius 1 is 1.42 bits per heavy atom. The Morgan fingerprint density at radius 2 is 2.25 bits per heavy atom. The lowest BCUT2D eigenvalue weighted by molar-refractivity contribution is 0.723. The first-order chi connectivity index (χ1) is 5.43. The monoisotopic (exact) mass is 167 g/mol. The maximum Gasteiger partial charge on any atom is -0.00488 e. The molecule has 1 nitrogen and oxygen atoms in total. The Balaban J connectivity index is 0.00000121. The van der Waals surface area contributed by atoms with E-state index in [4.69, 9.17) is 0 Å². The van der Waals surface area contributed by atoms with Crippen molar-refractivity contribution in [3.8, 4) is 0 Å². The Kier molecular flexibility index (Phi) is 6.78. The molecule has 1 aliphatic carbocycles. The minimum absolute atomic E-state index is 0. The predicted octanol–water partition coefficient (Wildman–Crippen LogP) is 2.90. The fraction of sp³-hybridized carbons (Fsp3) is 0.636. The summed E-state index contributed by atoms with van der Waals surface area (Å²) in [5.41, 5.74) is 1.52. The molecule has 0 amide bonds. The number of nitrogens with one attached hydrogen (secondary N) is 1. The summed E-state index contributed by atoms with van der Waals surface area (Å²) in [4.78, 5) is 0. The second-order valence-corrected chi connectivity index (χ2v) is 2.97. The molecule has 0 aromatic heterocycles. The van der Waals surface area contributed by atoms with Crippen LogP contribution in [0, 0.1) is 0 Å². The van der Waals surface area contributed by atoms with Crippen molar-refractivity contribution in [1.82, 2.24) is 5.32 Å². The van der Waals surface area contributed by atoms with E-state index in [1.165, 1.54) is 31.3 Å². The first kappa shape index (κ1) is 11.4. The van der Waals surface area contributed by atoms with Crippen molar-refractivity contribution >= 4 is 0 Å². The zero-order chi connectivity index (χ0) is 7.94. The minimum atomic E-state index is 0. The van der Waals surface area contributed by atoms with Gasteiger partial charge >= 0.3 is 0 Å². The molecule has 1 heteroatoms. The lowest BCUT2D eigenvalue weighted by Crippen LogP contribution is -2.07. The molecule has 0 aromatic carbocycles. The van der Waals surface area contributed by atoms with Crippen molar-refractivity contribution in [2.24, 2.45) is 0 Å². The molecule has 0 bridgehead atoms. The SMILES string of the molecule is C.CNCCCC1=CCCC=C1. The van der Waals surface area contributed by atoms with Crippen LogP contribution in [0.2, 0.25) is 0 Å². The van der Waals surface area contributed by atoms with E-state index in [1.807, 2.05) is 7.05 Å². The van der Waals surface area contributed by atoms with Crippen LogP contribution < -0.4 is 5.32 Å². The third kappa shape index (κ3) is 4.35. The van der Waals surface area contributed by atoms with E-state index in [0.29, 0.717) is 0 Å². The Bertz CT molecular complexity index is 156. The van der Waals surface area contributed by atoms with Gasteiger partial charge in [0.15, 0.2) is 0 Å². The van der Waals surface area contributed by atoms with Gasteiger partial charge in [-0.05, 0) is 39.3 Å². The Hall–Kier alpha value is -0.560. The molecule has 1 aliphatic rings. The Labute approximate surface area is 76.6 Å². The summed E-state index contributed by atoms with van der Waals surface area (Å²) in [5, 5.41) is 3.16. The molecular weight excluding hydrogens is 146 g/mol. The summed E-state index contributed by atoms with van der Waals surface area (Å²) in [5.74, 6) is 0. The molecular formula is C11H21N. The third-order valence-electron chi connectivity index (χ3n) is 1.96. The molecule has 1 rings (SSSR count). The molecule has 0 radical (unpaired) electrons. The van der Waals surface area contributed by atoms with Gasteiger partial charge in [0, 0.05) is 0 Å². The quantitative estimate of drug-likeness (QED) is 0.635. The normalized spacial score (nSPS) is 15.2. The average Bonchev–Trinajstić information content (AvgIpc) is 2.07. The molecule has 0 saturated heterocycles. The van der Waals surface area contributed by atoms with Gasteiger partial charge in [0.1, 0.15) is 0 Å². The number of hydrogen-bond donors (Lipinski definition) is 1. The molecule has 1 N–H and O–H groups in total. The highest BCUT2D eigenvalue weighted by Gasteiger charge is 1.95. The van der Waals surface area contributed by atoms with Gasteiger partial charge in [-0.1, -0.05) is 31.2 Å². The van der Waals surface area contributed by atoms with E-state index < -0.39 is 0 Å². The fourth-order valence-corrected chi connectivity index (χ4v) is 1.32. The molecule has 0 saturated carbocycles. The van der Waals surface area contributed by atoms with Crippen molar-refractivity contribution in [2.45, 2.75) is 33.1 Å². The molecule has 12 heavy (non-hydrogen) atoms. The third-order valence-corrected chi connectivity index (χ3v) is 1.96. The molecule has 70 valence electrons. The molecule has 0 aromatic rings. The highest BCUT2D eigenvalue weighted by molar-refractivity contribution is 5.21. The second kappa shape index (κ2) is 7.11. The van der Waals surface area contributed by atoms with Crippen molar-refractivity contribution in [2.75, 3.05) is 13.6 Å². The molecule has 0 unspecified atom stereocenters. The summed E-state index contributed by atoms with van der Waals surface area (Å²) in [6.07, 6.45) is 11.9. The summed E-state index contributed by atoms with van der Waals surface area (Å²) < 4.78 is 0. The molecule has 0 heterocycles. The number of allylic oxidation sites excluding steroid dienone is 4. The van der Waals surface area contributed by atoms with Gasteiger partial charge in [-0.25, -0.2) is 0 Å². The van der Waals surface area contributed by atoms with E-state index in [9.17, 15) is 0 Å². The Morgan fingerprint density at radius 3 is 2.83 bits per heavy atom. The van der Waals surface area contributed by atoms with Gasteiger partial charge in [0.2, 0.25) is 0 Å². The maximum absolute atomic E-state index is 3.16. The van der Waals surface area contributed by atoms with Crippen LogP contribution in [0.25, 0.3) is 0 Å². The largest absolute Gasteiger partial charge is 0.320 e. The van der Waals surface area contributed by atoms with Crippen LogP contribution in [0.1, 0.15) is 33.1 Å². The van der Waals surface area contributed by atoms with Gasteiger partial charge in [0.25, 0.3) is 0 Å². The van der Waals surface area contributed by atoms with Crippen LogP contribution in [-0.2, 0) is 0 Å². The smallest absolute Gasteiger partial charge is 0.00488 e.